The van der Waals surface area contributed by atoms with E-state index < -0.39 is 0 Å². The maximum Gasteiger partial charge on any atom is 0.0209 e. The van der Waals surface area contributed by atoms with Crippen LogP contribution in [0.25, 0.3) is 17.5 Å². The van der Waals surface area contributed by atoms with Crippen molar-refractivity contribution in [1.29, 1.82) is 0 Å². The number of fused-ring (bicyclic) bond motifs is 2. The average Bonchev–Trinajstić information content (AvgIpc) is 2.68. The molecule has 0 heterocycles. The van der Waals surface area contributed by atoms with Crippen LogP contribution in [0, 0.1) is 88.1 Å². The Bertz CT molecular complexity index is 788. The molecule has 0 fully saturated rings. The van der Waals surface area contributed by atoms with Crippen molar-refractivity contribution >= 4 is 33.4 Å². The van der Waals surface area contributed by atoms with E-state index in [0.29, 0.717) is 5.69 Å². The van der Waals surface area contributed by atoms with Crippen LogP contribution in [0.1, 0.15) is 60.4 Å². The molecular weight excluding hydrogens is 838 g/mol. The van der Waals surface area contributed by atoms with Gasteiger partial charge in [-0.25, -0.2) is 0 Å². The van der Waals surface area contributed by atoms with Gasteiger partial charge in [-0.15, -0.1) is 11.4 Å². The molecule has 0 aromatic heterocycles. The number of halogens is 1. The molecule has 4 rings (SSSR count). The SMILES string of the molecule is C/C=C/c1ccc([NH-])c2c1CCCC2.[Ac].[Ac].[NH-]c1ccc(Br)c2c1CCCC2. The largest absolute Gasteiger partial charge is 0.698 e. The molecule has 2 aromatic carbocycles. The summed E-state index contributed by atoms with van der Waals surface area (Å²) in [6.07, 6.45) is 13.8. The quantitative estimate of drug-likeness (QED) is 0.277. The average molecular weight is 865 g/mol. The Hall–Kier alpha value is 1.14. The molecule has 2 aromatic rings. The third kappa shape index (κ3) is 6.82. The Morgan fingerprint density at radius 1 is 0.714 bits per heavy atom. The van der Waals surface area contributed by atoms with Crippen LogP contribution in [0.3, 0.4) is 0 Å². The second kappa shape index (κ2) is 13.5. The van der Waals surface area contributed by atoms with Gasteiger partial charge in [0.25, 0.3) is 0 Å². The molecule has 5 heteroatoms. The van der Waals surface area contributed by atoms with Crippen molar-refractivity contribution in [3.63, 3.8) is 0 Å². The van der Waals surface area contributed by atoms with Gasteiger partial charge in [0.2, 0.25) is 0 Å². The normalized spacial score (nSPS) is 14.6. The summed E-state index contributed by atoms with van der Waals surface area (Å²) in [7, 11) is 0. The van der Waals surface area contributed by atoms with E-state index in [1.807, 2.05) is 25.1 Å². The number of allylic oxidation sites excluding steroid dienone is 1. The summed E-state index contributed by atoms with van der Waals surface area (Å²) in [6.45, 7) is 2.05. The van der Waals surface area contributed by atoms with Crippen LogP contribution >= 0.6 is 15.9 Å². The maximum atomic E-state index is 7.85. The Morgan fingerprint density at radius 3 is 1.71 bits per heavy atom. The maximum absolute atomic E-state index is 7.85. The number of benzene rings is 2. The molecule has 0 atom stereocenters. The molecule has 0 bridgehead atoms. The van der Waals surface area contributed by atoms with Crippen LogP contribution in [-0.4, -0.2) is 0 Å². The molecular formula is C23H27Ac2BrN2-2. The molecule has 144 valence electrons. The number of nitrogens with one attached hydrogen (secondary N) is 2. The zero-order valence-corrected chi connectivity index (χ0v) is 27.7. The van der Waals surface area contributed by atoms with Crippen LogP contribution in [0.5, 0.6) is 0 Å². The minimum absolute atomic E-state index is 0. The molecule has 2 aliphatic rings. The predicted molar refractivity (Wildman–Crippen MR) is 117 cm³/mol. The van der Waals surface area contributed by atoms with Crippen molar-refractivity contribution in [2.24, 2.45) is 0 Å². The van der Waals surface area contributed by atoms with Gasteiger partial charge in [-0.2, -0.15) is 0 Å². The van der Waals surface area contributed by atoms with Crippen molar-refractivity contribution in [2.75, 3.05) is 0 Å². The van der Waals surface area contributed by atoms with Crippen molar-refractivity contribution in [2.45, 2.75) is 58.3 Å². The minimum Gasteiger partial charge on any atom is -0.698 e. The fourth-order valence-electron chi connectivity index (χ4n) is 4.05. The molecule has 2 N–H and O–H groups in total. The van der Waals surface area contributed by atoms with Gasteiger partial charge < -0.3 is 11.5 Å². The van der Waals surface area contributed by atoms with Gasteiger partial charge in [0.15, 0.2) is 0 Å². The zero-order chi connectivity index (χ0) is 18.5. The molecule has 28 heavy (non-hydrogen) atoms. The van der Waals surface area contributed by atoms with Gasteiger partial charge >= 0.3 is 0 Å². The van der Waals surface area contributed by atoms with Gasteiger partial charge in [0, 0.05) is 92.6 Å². The van der Waals surface area contributed by atoms with E-state index in [4.69, 9.17) is 11.5 Å². The molecule has 2 aliphatic carbocycles. The van der Waals surface area contributed by atoms with Gasteiger partial charge in [-0.3, -0.25) is 0 Å². The first-order valence-corrected chi connectivity index (χ1v) is 10.4. The second-order valence-corrected chi connectivity index (χ2v) is 7.98. The van der Waals surface area contributed by atoms with Crippen molar-refractivity contribution in [3.05, 3.63) is 74.1 Å². The molecule has 0 saturated heterocycles. The number of hydrogen-bond donors (Lipinski definition) is 0. The van der Waals surface area contributed by atoms with Crippen molar-refractivity contribution in [1.82, 2.24) is 0 Å². The van der Waals surface area contributed by atoms with Crippen LogP contribution in [0.2, 0.25) is 0 Å². The Morgan fingerprint density at radius 2 is 1.18 bits per heavy atom. The third-order valence-corrected chi connectivity index (χ3v) is 6.14. The number of hydrogen-bond acceptors (Lipinski definition) is 0. The second-order valence-electron chi connectivity index (χ2n) is 7.13. The Kier molecular flexibility index (Phi) is 13.1. The molecule has 2 nitrogen and oxygen atoms in total. The molecule has 0 saturated carbocycles. The van der Waals surface area contributed by atoms with Crippen LogP contribution in [0.15, 0.2) is 34.8 Å². The van der Waals surface area contributed by atoms with Crippen molar-refractivity contribution in [3.8, 4) is 0 Å². The van der Waals surface area contributed by atoms with E-state index in [9.17, 15) is 0 Å². The van der Waals surface area contributed by atoms with E-state index in [-0.39, 0.29) is 88.1 Å². The summed E-state index contributed by atoms with van der Waals surface area (Å²) >= 11 is 3.53. The van der Waals surface area contributed by atoms with E-state index >= 15 is 0 Å². The first kappa shape index (κ1) is 27.2. The first-order valence-electron chi connectivity index (χ1n) is 9.62. The summed E-state index contributed by atoms with van der Waals surface area (Å²) in [4.78, 5) is 0. The van der Waals surface area contributed by atoms with Crippen LogP contribution in [-0.2, 0) is 25.7 Å². The fourth-order valence-corrected chi connectivity index (χ4v) is 4.62. The third-order valence-electron chi connectivity index (χ3n) is 5.39. The predicted octanol–water partition coefficient (Wildman–Crippen LogP) is 8.29. The van der Waals surface area contributed by atoms with Gasteiger partial charge in [0.05, 0.1) is 0 Å². The summed E-state index contributed by atoms with van der Waals surface area (Å²) in [5, 5.41) is 0. The summed E-state index contributed by atoms with van der Waals surface area (Å²) in [5.74, 6) is 0. The molecule has 0 aliphatic heterocycles. The Balaban J connectivity index is 0.000000264. The van der Waals surface area contributed by atoms with E-state index in [1.165, 1.54) is 58.0 Å². The van der Waals surface area contributed by atoms with Gasteiger partial charge in [-0.1, -0.05) is 57.4 Å². The molecule has 2 radical (unpaired) electrons. The van der Waals surface area contributed by atoms with Crippen molar-refractivity contribution < 1.29 is 88.1 Å². The summed E-state index contributed by atoms with van der Waals surface area (Å²) in [5.41, 5.74) is 23.7. The van der Waals surface area contributed by atoms with Gasteiger partial charge in [0.1, 0.15) is 0 Å². The summed E-state index contributed by atoms with van der Waals surface area (Å²) in [6, 6.07) is 7.88. The van der Waals surface area contributed by atoms with E-state index in [1.54, 1.807) is 0 Å². The zero-order valence-electron chi connectivity index (χ0n) is 16.7. The fraction of sp³-hybridized carbons (Fsp3) is 0.391. The van der Waals surface area contributed by atoms with E-state index in [2.05, 4.69) is 34.1 Å². The molecule has 0 spiro atoms. The number of rotatable bonds is 1. The van der Waals surface area contributed by atoms with Crippen LogP contribution in [0.4, 0.5) is 11.4 Å². The topological polar surface area (TPSA) is 47.6 Å². The van der Waals surface area contributed by atoms with E-state index in [0.717, 1.165) is 31.4 Å². The Labute approximate surface area is 249 Å². The molecule has 0 amide bonds. The monoisotopic (exact) mass is 864 g/mol. The van der Waals surface area contributed by atoms with Crippen LogP contribution < -0.4 is 0 Å². The smallest absolute Gasteiger partial charge is 0.0209 e. The van der Waals surface area contributed by atoms with Gasteiger partial charge in [-0.05, 0) is 81.0 Å². The molecule has 0 unspecified atom stereocenters. The first-order chi connectivity index (χ1) is 12.6. The standard InChI is InChI=1S/C13H16N.C10H11BrN.2Ac/c1-2-5-10-8-9-13(14)12-7-4-3-6-11(10)12;11-9-5-6-10(12)8-4-2-1-3-7(8)9;;/h2,5,8-9,14H,3-4,6-7H2,1H3;5-6,12H,1-4H2;;/q2*-1;;/b5-2+;;;. The minimum atomic E-state index is 0. The summed E-state index contributed by atoms with van der Waals surface area (Å²) < 4.78 is 1.19.